The number of thiazole rings is 1. The summed E-state index contributed by atoms with van der Waals surface area (Å²) in [4.78, 5) is 7.78. The van der Waals surface area contributed by atoms with Crippen molar-refractivity contribution < 1.29 is 5.11 Å². The minimum Gasteiger partial charge on any atom is -0.391 e. The Bertz CT molecular complexity index is 375. The second kappa shape index (κ2) is 4.58. The zero-order chi connectivity index (χ0) is 11.7. The largest absolute Gasteiger partial charge is 0.391 e. The average molecular weight is 252 g/mol. The first-order chi connectivity index (χ1) is 8.31. The lowest BCUT2D eigenvalue weighted by atomic mass is 9.77. The van der Waals surface area contributed by atoms with Crippen molar-refractivity contribution in [3.63, 3.8) is 0 Å². The topological polar surface area (TPSA) is 36.4 Å². The molecule has 0 atom stereocenters. The molecule has 2 aliphatic rings. The first-order valence-corrected chi connectivity index (χ1v) is 7.44. The molecule has 17 heavy (non-hydrogen) atoms. The third kappa shape index (κ3) is 2.20. The summed E-state index contributed by atoms with van der Waals surface area (Å²) in [6.07, 6.45) is 10.2. The van der Waals surface area contributed by atoms with E-state index < -0.39 is 0 Å². The summed E-state index contributed by atoms with van der Waals surface area (Å²) in [5.74, 6) is 0. The minimum absolute atomic E-state index is 0.120. The number of piperidine rings is 1. The molecule has 1 aliphatic heterocycles. The van der Waals surface area contributed by atoms with E-state index in [9.17, 15) is 0 Å². The number of hydrogen-bond acceptors (Lipinski definition) is 4. The van der Waals surface area contributed by atoms with Gasteiger partial charge in [0.2, 0.25) is 0 Å². The average Bonchev–Trinajstić information content (AvgIpc) is 3.00. The molecule has 1 saturated heterocycles. The van der Waals surface area contributed by atoms with Crippen LogP contribution in [0.3, 0.4) is 0 Å². The van der Waals surface area contributed by atoms with Crippen molar-refractivity contribution in [3.8, 4) is 0 Å². The van der Waals surface area contributed by atoms with Crippen molar-refractivity contribution in [1.29, 1.82) is 0 Å². The second-order valence-corrected chi connectivity index (χ2v) is 6.56. The van der Waals surface area contributed by atoms with Gasteiger partial charge < -0.3 is 10.0 Å². The van der Waals surface area contributed by atoms with Gasteiger partial charge >= 0.3 is 0 Å². The quantitative estimate of drug-likeness (QED) is 0.879. The van der Waals surface area contributed by atoms with E-state index in [1.54, 1.807) is 17.5 Å². The molecule has 0 bridgehead atoms. The van der Waals surface area contributed by atoms with Crippen molar-refractivity contribution >= 4 is 16.5 Å². The number of aromatic nitrogens is 1. The Kier molecular flexibility index (Phi) is 3.09. The Morgan fingerprint density at radius 3 is 2.53 bits per heavy atom. The van der Waals surface area contributed by atoms with E-state index in [1.165, 1.54) is 38.5 Å². The number of rotatable bonds is 2. The van der Waals surface area contributed by atoms with Crippen molar-refractivity contribution in [1.82, 2.24) is 4.98 Å². The van der Waals surface area contributed by atoms with Crippen LogP contribution in [0.2, 0.25) is 0 Å². The highest BCUT2D eigenvalue weighted by Gasteiger charge is 2.37. The maximum atomic E-state index is 9.07. The fourth-order valence-corrected chi connectivity index (χ4v) is 4.14. The van der Waals surface area contributed by atoms with E-state index in [1.807, 2.05) is 0 Å². The summed E-state index contributed by atoms with van der Waals surface area (Å²) >= 11 is 1.64. The Morgan fingerprint density at radius 2 is 1.94 bits per heavy atom. The monoisotopic (exact) mass is 252 g/mol. The molecule has 0 amide bonds. The van der Waals surface area contributed by atoms with Crippen LogP contribution in [0.15, 0.2) is 6.20 Å². The third-order valence-corrected chi connectivity index (χ3v) is 5.50. The van der Waals surface area contributed by atoms with E-state index in [-0.39, 0.29) is 6.61 Å². The molecule has 0 aromatic carbocycles. The first-order valence-electron chi connectivity index (χ1n) is 6.62. The van der Waals surface area contributed by atoms with Crippen LogP contribution >= 0.6 is 11.3 Å². The molecule has 1 N–H and O–H groups in total. The molecule has 4 heteroatoms. The van der Waals surface area contributed by atoms with Crippen LogP contribution in [-0.4, -0.2) is 23.2 Å². The molecule has 1 aromatic heterocycles. The van der Waals surface area contributed by atoms with Gasteiger partial charge in [-0.2, -0.15) is 0 Å². The van der Waals surface area contributed by atoms with E-state index in [0.717, 1.165) is 23.1 Å². The molecule has 2 heterocycles. The van der Waals surface area contributed by atoms with Gasteiger partial charge in [-0.05, 0) is 31.1 Å². The first kappa shape index (κ1) is 11.5. The van der Waals surface area contributed by atoms with Crippen LogP contribution < -0.4 is 4.90 Å². The number of aliphatic hydroxyl groups excluding tert-OH is 1. The molecule has 0 unspecified atom stereocenters. The fourth-order valence-electron chi connectivity index (χ4n) is 3.31. The van der Waals surface area contributed by atoms with Gasteiger partial charge in [0.05, 0.1) is 11.5 Å². The van der Waals surface area contributed by atoms with E-state index in [2.05, 4.69) is 9.88 Å². The van der Waals surface area contributed by atoms with Gasteiger partial charge in [0.15, 0.2) is 5.13 Å². The SMILES string of the molecule is OCc1cnc(N2CCC3(CCCC3)CC2)s1. The van der Waals surface area contributed by atoms with Gasteiger partial charge in [-0.25, -0.2) is 4.98 Å². The molecule has 1 spiro atoms. The standard InChI is InChI=1S/C13H20N2OS/c16-10-11-9-14-12(17-11)15-7-5-13(6-8-15)3-1-2-4-13/h9,16H,1-8,10H2. The van der Waals surface area contributed by atoms with E-state index >= 15 is 0 Å². The minimum atomic E-state index is 0.120. The maximum absolute atomic E-state index is 9.07. The molecule has 3 nitrogen and oxygen atoms in total. The lowest BCUT2D eigenvalue weighted by molar-refractivity contribution is 0.226. The van der Waals surface area contributed by atoms with Crippen LogP contribution in [0.1, 0.15) is 43.4 Å². The summed E-state index contributed by atoms with van der Waals surface area (Å²) < 4.78 is 0. The Morgan fingerprint density at radius 1 is 1.24 bits per heavy atom. The van der Waals surface area contributed by atoms with Crippen LogP contribution in [0, 0.1) is 5.41 Å². The normalized spacial score (nSPS) is 23.5. The third-order valence-electron chi connectivity index (χ3n) is 4.46. The van der Waals surface area contributed by atoms with Crippen molar-refractivity contribution in [2.75, 3.05) is 18.0 Å². The fraction of sp³-hybridized carbons (Fsp3) is 0.769. The summed E-state index contributed by atoms with van der Waals surface area (Å²) in [6, 6.07) is 0. The van der Waals surface area contributed by atoms with E-state index in [4.69, 9.17) is 5.11 Å². The highest BCUT2D eigenvalue weighted by molar-refractivity contribution is 7.15. The zero-order valence-corrected chi connectivity index (χ0v) is 11.0. The van der Waals surface area contributed by atoms with Crippen LogP contribution in [0.25, 0.3) is 0 Å². The predicted molar refractivity (Wildman–Crippen MR) is 70.4 cm³/mol. The Labute approximate surface area is 106 Å². The molecule has 1 aliphatic carbocycles. The molecule has 94 valence electrons. The molecule has 0 radical (unpaired) electrons. The summed E-state index contributed by atoms with van der Waals surface area (Å²) in [7, 11) is 0. The Hall–Kier alpha value is -0.610. The van der Waals surface area contributed by atoms with Gasteiger partial charge in [-0.15, -0.1) is 0 Å². The molecule has 1 saturated carbocycles. The second-order valence-electron chi connectivity index (χ2n) is 5.46. The molecular formula is C13H20N2OS. The van der Waals surface area contributed by atoms with Gasteiger partial charge in [0, 0.05) is 19.3 Å². The maximum Gasteiger partial charge on any atom is 0.185 e. The smallest absolute Gasteiger partial charge is 0.185 e. The highest BCUT2D eigenvalue weighted by atomic mass is 32.1. The van der Waals surface area contributed by atoms with Gasteiger partial charge in [-0.1, -0.05) is 24.2 Å². The number of nitrogens with zero attached hydrogens (tertiary/aromatic N) is 2. The van der Waals surface area contributed by atoms with E-state index in [0.29, 0.717) is 5.41 Å². The zero-order valence-electron chi connectivity index (χ0n) is 10.2. The highest BCUT2D eigenvalue weighted by Crippen LogP contribution is 2.46. The Balaban J connectivity index is 1.64. The molecule has 3 rings (SSSR count). The lowest BCUT2D eigenvalue weighted by Crippen LogP contribution is -2.38. The van der Waals surface area contributed by atoms with Gasteiger partial charge in [0.25, 0.3) is 0 Å². The molecule has 1 aromatic rings. The van der Waals surface area contributed by atoms with Crippen molar-refractivity contribution in [2.45, 2.75) is 45.1 Å². The summed E-state index contributed by atoms with van der Waals surface area (Å²) in [5, 5.41) is 10.2. The number of anilines is 1. The van der Waals surface area contributed by atoms with Crippen molar-refractivity contribution in [3.05, 3.63) is 11.1 Å². The van der Waals surface area contributed by atoms with Crippen molar-refractivity contribution in [2.24, 2.45) is 5.41 Å². The molecule has 2 fully saturated rings. The predicted octanol–water partition coefficient (Wildman–Crippen LogP) is 2.80. The van der Waals surface area contributed by atoms with Crippen LogP contribution in [0.5, 0.6) is 0 Å². The number of hydrogen-bond donors (Lipinski definition) is 1. The lowest BCUT2D eigenvalue weighted by Gasteiger charge is -2.39. The van der Waals surface area contributed by atoms with Gasteiger partial charge in [0.1, 0.15) is 0 Å². The van der Waals surface area contributed by atoms with Gasteiger partial charge in [-0.3, -0.25) is 0 Å². The van der Waals surface area contributed by atoms with Crippen LogP contribution in [-0.2, 0) is 6.61 Å². The van der Waals surface area contributed by atoms with Crippen LogP contribution in [0.4, 0.5) is 5.13 Å². The summed E-state index contributed by atoms with van der Waals surface area (Å²) in [5.41, 5.74) is 0.674. The number of aliphatic hydroxyl groups is 1. The summed E-state index contributed by atoms with van der Waals surface area (Å²) in [6.45, 7) is 2.42. The molecular weight excluding hydrogens is 232 g/mol.